The molecule has 1 saturated heterocycles. The average molecular weight is 383 g/mol. The molecule has 1 aliphatic rings. The zero-order valence-electron chi connectivity index (χ0n) is 16.5. The van der Waals surface area contributed by atoms with Crippen LogP contribution in [0.3, 0.4) is 0 Å². The van der Waals surface area contributed by atoms with Crippen molar-refractivity contribution < 1.29 is 14.0 Å². The van der Waals surface area contributed by atoms with E-state index in [1.807, 2.05) is 17.9 Å². The van der Waals surface area contributed by atoms with Crippen LogP contribution >= 0.6 is 0 Å². The summed E-state index contributed by atoms with van der Waals surface area (Å²) in [7, 11) is 0. The highest BCUT2D eigenvalue weighted by molar-refractivity contribution is 5.94. The Morgan fingerprint density at radius 3 is 2.43 bits per heavy atom. The summed E-state index contributed by atoms with van der Waals surface area (Å²) in [4.78, 5) is 31.2. The lowest BCUT2D eigenvalue weighted by Crippen LogP contribution is -2.49. The fourth-order valence-corrected chi connectivity index (χ4v) is 3.54. The Hall–Kier alpha value is -2.60. The summed E-state index contributed by atoms with van der Waals surface area (Å²) >= 11 is 0. The van der Waals surface area contributed by atoms with Gasteiger partial charge in [-0.3, -0.25) is 14.5 Å². The number of furan rings is 1. The van der Waals surface area contributed by atoms with Crippen molar-refractivity contribution in [3.63, 3.8) is 0 Å². The maximum absolute atomic E-state index is 12.6. The van der Waals surface area contributed by atoms with E-state index in [-0.39, 0.29) is 11.8 Å². The fourth-order valence-electron chi connectivity index (χ4n) is 3.54. The van der Waals surface area contributed by atoms with Gasteiger partial charge in [-0.05, 0) is 18.1 Å². The summed E-state index contributed by atoms with van der Waals surface area (Å²) in [5, 5.41) is 0. The first kappa shape index (κ1) is 20.1. The van der Waals surface area contributed by atoms with E-state index in [0.29, 0.717) is 25.1 Å². The van der Waals surface area contributed by atoms with E-state index in [9.17, 15) is 9.59 Å². The summed E-state index contributed by atoms with van der Waals surface area (Å²) in [5.41, 5.74) is 1.84. The third-order valence-electron chi connectivity index (χ3n) is 5.12. The van der Waals surface area contributed by atoms with Gasteiger partial charge < -0.3 is 14.2 Å². The number of hydrogen-bond donors (Lipinski definition) is 0. The molecule has 0 radical (unpaired) electrons. The molecule has 0 atom stereocenters. The second-order valence-corrected chi connectivity index (χ2v) is 7.20. The molecule has 0 N–H and O–H groups in total. The molecule has 6 heteroatoms. The van der Waals surface area contributed by atoms with Gasteiger partial charge in [-0.2, -0.15) is 0 Å². The van der Waals surface area contributed by atoms with Crippen LogP contribution < -0.4 is 0 Å². The molecular formula is C22H29N3O3. The third-order valence-corrected chi connectivity index (χ3v) is 5.12. The molecule has 2 heterocycles. The number of benzene rings is 1. The van der Waals surface area contributed by atoms with Gasteiger partial charge in [-0.25, -0.2) is 0 Å². The van der Waals surface area contributed by atoms with E-state index in [2.05, 4.69) is 29.2 Å². The summed E-state index contributed by atoms with van der Waals surface area (Å²) in [6.45, 7) is 7.30. The molecular weight excluding hydrogens is 354 g/mol. The Kier molecular flexibility index (Phi) is 7.25. The second-order valence-electron chi connectivity index (χ2n) is 7.20. The van der Waals surface area contributed by atoms with Crippen molar-refractivity contribution in [2.75, 3.05) is 39.3 Å². The van der Waals surface area contributed by atoms with Crippen molar-refractivity contribution >= 4 is 11.8 Å². The molecule has 0 saturated carbocycles. The number of carbonyl (C=O) groups is 2. The number of nitrogens with zero attached hydrogens (tertiary/aromatic N) is 3. The summed E-state index contributed by atoms with van der Waals surface area (Å²) in [6, 6.07) is 12.1. The molecule has 1 aromatic heterocycles. The zero-order chi connectivity index (χ0) is 19.8. The summed E-state index contributed by atoms with van der Waals surface area (Å²) < 4.78 is 5.01. The molecule has 0 bridgehead atoms. The Bertz CT molecular complexity index is 738. The molecule has 3 rings (SSSR count). The van der Waals surface area contributed by atoms with Crippen molar-refractivity contribution in [2.24, 2.45) is 0 Å². The van der Waals surface area contributed by atoms with E-state index in [1.165, 1.54) is 18.1 Å². The van der Waals surface area contributed by atoms with Crippen molar-refractivity contribution in [1.82, 2.24) is 14.7 Å². The molecule has 150 valence electrons. The topological polar surface area (TPSA) is 57.0 Å². The number of amides is 2. The first-order valence-corrected chi connectivity index (χ1v) is 10.0. The Balaban J connectivity index is 1.45. The van der Waals surface area contributed by atoms with Gasteiger partial charge in [0.2, 0.25) is 5.91 Å². The van der Waals surface area contributed by atoms with Crippen LogP contribution in [0.1, 0.15) is 35.7 Å². The van der Waals surface area contributed by atoms with Crippen LogP contribution in [-0.2, 0) is 11.3 Å². The molecule has 1 fully saturated rings. The van der Waals surface area contributed by atoms with E-state index in [0.717, 1.165) is 39.1 Å². The van der Waals surface area contributed by atoms with Crippen molar-refractivity contribution in [3.05, 3.63) is 60.1 Å². The van der Waals surface area contributed by atoms with Crippen LogP contribution in [0.2, 0.25) is 0 Å². The molecule has 1 aliphatic heterocycles. The summed E-state index contributed by atoms with van der Waals surface area (Å²) in [5.74, 6) is 0.0524. The van der Waals surface area contributed by atoms with Gasteiger partial charge in [-0.15, -0.1) is 0 Å². The average Bonchev–Trinajstić information content (AvgIpc) is 3.26. The molecule has 28 heavy (non-hydrogen) atoms. The quantitative estimate of drug-likeness (QED) is 0.703. The minimum Gasteiger partial charge on any atom is -0.472 e. The molecule has 6 nitrogen and oxygen atoms in total. The van der Waals surface area contributed by atoms with Gasteiger partial charge >= 0.3 is 0 Å². The number of hydrogen-bond acceptors (Lipinski definition) is 4. The molecule has 1 aromatic carbocycles. The van der Waals surface area contributed by atoms with E-state index in [1.54, 1.807) is 11.0 Å². The largest absolute Gasteiger partial charge is 0.472 e. The van der Waals surface area contributed by atoms with Gasteiger partial charge in [0.1, 0.15) is 6.26 Å². The van der Waals surface area contributed by atoms with Crippen LogP contribution in [0, 0.1) is 0 Å². The number of rotatable bonds is 8. The van der Waals surface area contributed by atoms with E-state index in [4.69, 9.17) is 4.42 Å². The van der Waals surface area contributed by atoms with Gasteiger partial charge in [-0.1, -0.05) is 37.3 Å². The number of carbonyl (C=O) groups excluding carboxylic acids is 2. The standard InChI is InChI=1S/C22H29N3O3/c1-2-10-25(22(27)20-9-16-28-18-20)11-8-21(26)24-14-12-23(13-15-24)17-19-6-4-3-5-7-19/h3-7,9,16,18H,2,8,10-15,17H2,1H3. The van der Waals surface area contributed by atoms with Crippen molar-refractivity contribution in [1.29, 1.82) is 0 Å². The lowest BCUT2D eigenvalue weighted by atomic mass is 10.2. The second kappa shape index (κ2) is 10.1. The normalized spacial score (nSPS) is 14.8. The molecule has 0 spiro atoms. The Morgan fingerprint density at radius 1 is 1.04 bits per heavy atom. The van der Waals surface area contributed by atoms with Crippen LogP contribution in [0.4, 0.5) is 0 Å². The predicted molar refractivity (Wildman–Crippen MR) is 108 cm³/mol. The lowest BCUT2D eigenvalue weighted by Gasteiger charge is -2.35. The maximum Gasteiger partial charge on any atom is 0.257 e. The van der Waals surface area contributed by atoms with Crippen molar-refractivity contribution in [2.45, 2.75) is 26.3 Å². The highest BCUT2D eigenvalue weighted by atomic mass is 16.3. The monoisotopic (exact) mass is 383 g/mol. The first-order chi connectivity index (χ1) is 13.7. The Morgan fingerprint density at radius 2 is 1.79 bits per heavy atom. The lowest BCUT2D eigenvalue weighted by molar-refractivity contribution is -0.133. The van der Waals surface area contributed by atoms with Crippen LogP contribution in [0.15, 0.2) is 53.3 Å². The van der Waals surface area contributed by atoms with Crippen LogP contribution in [0.5, 0.6) is 0 Å². The third kappa shape index (κ3) is 5.45. The molecule has 0 aliphatic carbocycles. The zero-order valence-corrected chi connectivity index (χ0v) is 16.5. The van der Waals surface area contributed by atoms with Crippen LogP contribution in [-0.4, -0.2) is 65.8 Å². The van der Waals surface area contributed by atoms with Crippen molar-refractivity contribution in [3.8, 4) is 0 Å². The first-order valence-electron chi connectivity index (χ1n) is 10.0. The maximum atomic E-state index is 12.6. The SMILES string of the molecule is CCCN(CCC(=O)N1CCN(Cc2ccccc2)CC1)C(=O)c1ccoc1. The molecule has 0 unspecified atom stereocenters. The van der Waals surface area contributed by atoms with Crippen LogP contribution in [0.25, 0.3) is 0 Å². The predicted octanol–water partition coefficient (Wildman–Crippen LogP) is 2.87. The minimum atomic E-state index is -0.0731. The van der Waals surface area contributed by atoms with Gasteiger partial charge in [0.05, 0.1) is 11.8 Å². The number of piperazine rings is 1. The smallest absolute Gasteiger partial charge is 0.257 e. The van der Waals surface area contributed by atoms with E-state index < -0.39 is 0 Å². The Labute approximate surface area is 166 Å². The van der Waals surface area contributed by atoms with Gasteiger partial charge in [0, 0.05) is 52.2 Å². The highest BCUT2D eigenvalue weighted by Crippen LogP contribution is 2.11. The molecule has 2 aromatic rings. The minimum absolute atomic E-state index is 0.0731. The molecule has 2 amide bonds. The van der Waals surface area contributed by atoms with Gasteiger partial charge in [0.25, 0.3) is 5.91 Å². The van der Waals surface area contributed by atoms with Gasteiger partial charge in [0.15, 0.2) is 0 Å². The highest BCUT2D eigenvalue weighted by Gasteiger charge is 2.23. The fraction of sp³-hybridized carbons (Fsp3) is 0.455. The van der Waals surface area contributed by atoms with E-state index >= 15 is 0 Å². The summed E-state index contributed by atoms with van der Waals surface area (Å²) in [6.07, 6.45) is 4.18.